The van der Waals surface area contributed by atoms with Crippen LogP contribution in [0.3, 0.4) is 0 Å². The minimum Gasteiger partial charge on any atom is -0.435 e. The van der Waals surface area contributed by atoms with Crippen molar-refractivity contribution in [3.8, 4) is 17.0 Å². The Kier molecular flexibility index (Phi) is 6.28. The third-order valence-electron chi connectivity index (χ3n) is 4.30. The predicted molar refractivity (Wildman–Crippen MR) is 116 cm³/mol. The van der Waals surface area contributed by atoms with Gasteiger partial charge in [-0.3, -0.25) is 9.89 Å². The average Bonchev–Trinajstić information content (AvgIpc) is 3.26. The number of nitrogens with one attached hydrogen (secondary N) is 2. The lowest BCUT2D eigenvalue weighted by Crippen LogP contribution is -2.12. The molecule has 8 heteroatoms. The number of alkyl halides is 2. The summed E-state index contributed by atoms with van der Waals surface area (Å²) < 4.78 is 28.9. The number of ether oxygens (including phenoxy) is 1. The lowest BCUT2D eigenvalue weighted by atomic mass is 10.1. The summed E-state index contributed by atoms with van der Waals surface area (Å²) in [5, 5.41) is 9.78. The van der Waals surface area contributed by atoms with E-state index in [1.165, 1.54) is 12.1 Å². The van der Waals surface area contributed by atoms with Crippen molar-refractivity contribution in [3.63, 3.8) is 0 Å². The zero-order chi connectivity index (χ0) is 21.6. The van der Waals surface area contributed by atoms with Gasteiger partial charge in [-0.1, -0.05) is 42.1 Å². The number of halogens is 2. The molecule has 0 aliphatic heterocycles. The topological polar surface area (TPSA) is 67.0 Å². The number of amides is 1. The van der Waals surface area contributed by atoms with Crippen LogP contribution in [0.4, 0.5) is 14.5 Å². The Morgan fingerprint density at radius 3 is 2.42 bits per heavy atom. The van der Waals surface area contributed by atoms with Gasteiger partial charge in [0.25, 0.3) is 5.91 Å². The lowest BCUT2D eigenvalue weighted by molar-refractivity contribution is -0.0498. The number of aromatic nitrogens is 2. The van der Waals surface area contributed by atoms with E-state index in [0.717, 1.165) is 9.79 Å². The molecule has 0 saturated carbocycles. The van der Waals surface area contributed by atoms with E-state index >= 15 is 0 Å². The van der Waals surface area contributed by atoms with Gasteiger partial charge in [0.15, 0.2) is 0 Å². The highest BCUT2D eigenvalue weighted by atomic mass is 32.2. The molecule has 0 saturated heterocycles. The van der Waals surface area contributed by atoms with Crippen molar-refractivity contribution in [3.05, 3.63) is 90.6 Å². The Morgan fingerprint density at radius 1 is 0.968 bits per heavy atom. The summed E-state index contributed by atoms with van der Waals surface area (Å²) in [6, 6.07) is 25.1. The zero-order valence-electron chi connectivity index (χ0n) is 16.1. The first kappa shape index (κ1) is 20.6. The van der Waals surface area contributed by atoms with E-state index in [2.05, 4.69) is 20.3 Å². The first-order valence-corrected chi connectivity index (χ1v) is 10.1. The second-order valence-corrected chi connectivity index (χ2v) is 7.55. The number of anilines is 1. The molecule has 0 fully saturated rings. The number of benzene rings is 3. The molecule has 1 aromatic heterocycles. The SMILES string of the molecule is O=C(Nc1ccccc1Sc1ccccc1)c1cc(-c2ccc(OC(F)F)cc2)n[nH]1. The number of para-hydroxylation sites is 1. The largest absolute Gasteiger partial charge is 0.435 e. The minimum atomic E-state index is -2.88. The van der Waals surface area contributed by atoms with Gasteiger partial charge < -0.3 is 10.1 Å². The summed E-state index contributed by atoms with van der Waals surface area (Å²) in [5.41, 5.74) is 2.14. The summed E-state index contributed by atoms with van der Waals surface area (Å²) in [7, 11) is 0. The van der Waals surface area contributed by atoms with Gasteiger partial charge >= 0.3 is 6.61 Å². The Morgan fingerprint density at radius 2 is 1.68 bits per heavy atom. The monoisotopic (exact) mass is 437 g/mol. The molecule has 0 radical (unpaired) electrons. The second kappa shape index (κ2) is 9.44. The quantitative estimate of drug-likeness (QED) is 0.368. The van der Waals surface area contributed by atoms with Crippen molar-refractivity contribution in [1.29, 1.82) is 0 Å². The van der Waals surface area contributed by atoms with Gasteiger partial charge in [-0.15, -0.1) is 0 Å². The number of carbonyl (C=O) groups is 1. The number of hydrogen-bond donors (Lipinski definition) is 2. The molecule has 0 aliphatic rings. The van der Waals surface area contributed by atoms with Gasteiger partial charge in [-0.05, 0) is 54.6 Å². The molecule has 3 aromatic carbocycles. The fourth-order valence-corrected chi connectivity index (χ4v) is 3.78. The third kappa shape index (κ3) is 5.29. The Hall–Kier alpha value is -3.65. The van der Waals surface area contributed by atoms with Gasteiger partial charge in [0.2, 0.25) is 0 Å². The highest BCUT2D eigenvalue weighted by Crippen LogP contribution is 2.33. The lowest BCUT2D eigenvalue weighted by Gasteiger charge is -2.10. The van der Waals surface area contributed by atoms with Gasteiger partial charge in [0.1, 0.15) is 11.4 Å². The Balaban J connectivity index is 1.47. The molecule has 0 aliphatic carbocycles. The first-order chi connectivity index (χ1) is 15.1. The number of rotatable bonds is 7. The summed E-state index contributed by atoms with van der Waals surface area (Å²) in [6.45, 7) is -2.88. The number of H-pyrrole nitrogens is 1. The number of carbonyl (C=O) groups excluding carboxylic acids is 1. The molecule has 1 amide bonds. The molecular weight excluding hydrogens is 420 g/mol. The standard InChI is InChI=1S/C23H17F2N3O2S/c24-23(25)30-16-12-10-15(11-13-16)19-14-20(28-27-19)22(29)26-18-8-4-5-9-21(18)31-17-6-2-1-3-7-17/h1-14,23H,(H,26,29)(H,27,28). The normalized spacial score (nSPS) is 10.8. The van der Waals surface area contributed by atoms with Crippen LogP contribution in [0.15, 0.2) is 94.7 Å². The number of hydrogen-bond acceptors (Lipinski definition) is 4. The summed E-state index contributed by atoms with van der Waals surface area (Å²) in [4.78, 5) is 14.7. The fourth-order valence-electron chi connectivity index (χ4n) is 2.86. The van der Waals surface area contributed by atoms with Crippen molar-refractivity contribution >= 4 is 23.4 Å². The van der Waals surface area contributed by atoms with Gasteiger partial charge in [0, 0.05) is 15.4 Å². The van der Waals surface area contributed by atoms with E-state index in [1.54, 1.807) is 30.0 Å². The van der Waals surface area contributed by atoms with Crippen LogP contribution in [0.25, 0.3) is 11.3 Å². The summed E-state index contributed by atoms with van der Waals surface area (Å²) >= 11 is 1.55. The molecule has 156 valence electrons. The summed E-state index contributed by atoms with van der Waals surface area (Å²) in [5.74, 6) is -0.280. The van der Waals surface area contributed by atoms with E-state index in [4.69, 9.17) is 0 Å². The van der Waals surface area contributed by atoms with E-state index in [1.807, 2.05) is 54.6 Å². The molecule has 0 atom stereocenters. The smallest absolute Gasteiger partial charge is 0.387 e. The van der Waals surface area contributed by atoms with Crippen LogP contribution in [0.5, 0.6) is 5.75 Å². The van der Waals surface area contributed by atoms with Crippen molar-refractivity contribution in [2.75, 3.05) is 5.32 Å². The van der Waals surface area contributed by atoms with E-state index < -0.39 is 6.61 Å². The maximum atomic E-state index is 12.7. The molecule has 0 unspecified atom stereocenters. The molecule has 31 heavy (non-hydrogen) atoms. The van der Waals surface area contributed by atoms with Crippen LogP contribution < -0.4 is 10.1 Å². The van der Waals surface area contributed by atoms with E-state index in [0.29, 0.717) is 16.9 Å². The molecule has 0 bridgehead atoms. The minimum absolute atomic E-state index is 0.0553. The first-order valence-electron chi connectivity index (χ1n) is 9.32. The maximum Gasteiger partial charge on any atom is 0.387 e. The zero-order valence-corrected chi connectivity index (χ0v) is 16.9. The number of aromatic amines is 1. The van der Waals surface area contributed by atoms with Crippen LogP contribution in [-0.4, -0.2) is 22.7 Å². The highest BCUT2D eigenvalue weighted by Gasteiger charge is 2.14. The Bertz CT molecular complexity index is 1160. The van der Waals surface area contributed by atoms with Gasteiger partial charge in [0.05, 0.1) is 11.4 Å². The molecule has 4 rings (SSSR count). The highest BCUT2D eigenvalue weighted by molar-refractivity contribution is 7.99. The number of nitrogens with zero attached hydrogens (tertiary/aromatic N) is 1. The Labute approximate surface area is 181 Å². The van der Waals surface area contributed by atoms with E-state index in [9.17, 15) is 13.6 Å². The molecule has 4 aromatic rings. The van der Waals surface area contributed by atoms with Gasteiger partial charge in [-0.25, -0.2) is 0 Å². The fraction of sp³-hybridized carbons (Fsp3) is 0.0435. The summed E-state index contributed by atoms with van der Waals surface area (Å²) in [6.07, 6.45) is 0. The predicted octanol–water partition coefficient (Wildman–Crippen LogP) is 6.08. The van der Waals surface area contributed by atoms with Crippen LogP contribution in [0.1, 0.15) is 10.5 Å². The second-order valence-electron chi connectivity index (χ2n) is 6.44. The molecule has 2 N–H and O–H groups in total. The third-order valence-corrected chi connectivity index (χ3v) is 5.39. The van der Waals surface area contributed by atoms with Crippen LogP contribution >= 0.6 is 11.8 Å². The van der Waals surface area contributed by atoms with Crippen molar-refractivity contribution in [2.24, 2.45) is 0 Å². The molecule has 1 heterocycles. The van der Waals surface area contributed by atoms with Crippen molar-refractivity contribution in [1.82, 2.24) is 10.2 Å². The van der Waals surface area contributed by atoms with Gasteiger partial charge in [-0.2, -0.15) is 13.9 Å². The van der Waals surface area contributed by atoms with Crippen LogP contribution in [0.2, 0.25) is 0 Å². The van der Waals surface area contributed by atoms with E-state index in [-0.39, 0.29) is 17.4 Å². The van der Waals surface area contributed by atoms with Crippen LogP contribution in [0, 0.1) is 0 Å². The van der Waals surface area contributed by atoms with Crippen molar-refractivity contribution in [2.45, 2.75) is 16.4 Å². The van der Waals surface area contributed by atoms with Crippen LogP contribution in [-0.2, 0) is 0 Å². The maximum absolute atomic E-state index is 12.7. The molecule has 5 nitrogen and oxygen atoms in total. The molecular formula is C23H17F2N3O2S. The van der Waals surface area contributed by atoms with Crippen molar-refractivity contribution < 1.29 is 18.3 Å². The average molecular weight is 437 g/mol. The molecule has 0 spiro atoms.